The van der Waals surface area contributed by atoms with E-state index in [2.05, 4.69) is 15.6 Å². The average molecular weight is 260 g/mol. The van der Waals surface area contributed by atoms with Gasteiger partial charge in [-0.15, -0.1) is 0 Å². The van der Waals surface area contributed by atoms with Crippen molar-refractivity contribution in [2.24, 2.45) is 0 Å². The first kappa shape index (κ1) is 14.4. The maximum absolute atomic E-state index is 11.1. The number of carbonyl (C=O) groups excluding carboxylic acids is 3. The summed E-state index contributed by atoms with van der Waals surface area (Å²) in [5.74, 6) is -1.41. The summed E-state index contributed by atoms with van der Waals surface area (Å²) in [6, 6.07) is -0.563. The lowest BCUT2D eigenvalue weighted by Crippen LogP contribution is -2.49. The summed E-state index contributed by atoms with van der Waals surface area (Å²) in [5, 5.41) is 9.82. The molecule has 8 heteroatoms. The molecule has 102 valence electrons. The van der Waals surface area contributed by atoms with E-state index in [1.54, 1.807) is 0 Å². The van der Waals surface area contributed by atoms with Gasteiger partial charge in [-0.2, -0.15) is 0 Å². The predicted octanol–water partition coefficient (Wildman–Crippen LogP) is -1.76. The molecular formula is C10H16N2O6. The number of carbonyl (C=O) groups is 3. The molecule has 0 aromatic rings. The van der Waals surface area contributed by atoms with Crippen LogP contribution in [0.5, 0.6) is 0 Å². The zero-order valence-electron chi connectivity index (χ0n) is 10.1. The number of aliphatic hydroxyl groups excluding tert-OH is 1. The van der Waals surface area contributed by atoms with Crippen LogP contribution in [0.25, 0.3) is 0 Å². The minimum atomic E-state index is -1.21. The van der Waals surface area contributed by atoms with Crippen molar-refractivity contribution < 1.29 is 29.0 Å². The molecule has 1 aliphatic rings. The third-order valence-corrected chi connectivity index (χ3v) is 2.34. The van der Waals surface area contributed by atoms with Crippen LogP contribution in [0.2, 0.25) is 0 Å². The first-order chi connectivity index (χ1) is 8.40. The van der Waals surface area contributed by atoms with Crippen LogP contribution < -0.4 is 10.9 Å². The summed E-state index contributed by atoms with van der Waals surface area (Å²) < 4.78 is 9.58. The Balaban J connectivity index is 2.61. The van der Waals surface area contributed by atoms with E-state index in [9.17, 15) is 19.5 Å². The van der Waals surface area contributed by atoms with E-state index in [0.29, 0.717) is 0 Å². The molecule has 2 unspecified atom stereocenters. The molecule has 18 heavy (non-hydrogen) atoms. The van der Waals surface area contributed by atoms with Gasteiger partial charge in [0.2, 0.25) is 5.91 Å². The molecular weight excluding hydrogens is 244 g/mol. The molecule has 1 saturated heterocycles. The van der Waals surface area contributed by atoms with Crippen molar-refractivity contribution in [2.75, 3.05) is 6.61 Å². The largest absolute Gasteiger partial charge is 0.463 e. The normalized spacial score (nSPS) is 21.9. The molecule has 0 aromatic carbocycles. The Morgan fingerprint density at radius 1 is 1.44 bits per heavy atom. The van der Waals surface area contributed by atoms with Crippen molar-refractivity contribution in [3.8, 4) is 0 Å². The highest BCUT2D eigenvalue weighted by Crippen LogP contribution is 2.13. The number of esters is 2. The zero-order valence-corrected chi connectivity index (χ0v) is 10.1. The molecule has 0 saturated carbocycles. The predicted molar refractivity (Wildman–Crippen MR) is 57.9 cm³/mol. The van der Waals surface area contributed by atoms with Crippen molar-refractivity contribution >= 4 is 17.8 Å². The van der Waals surface area contributed by atoms with E-state index in [4.69, 9.17) is 4.74 Å². The van der Waals surface area contributed by atoms with E-state index >= 15 is 0 Å². The van der Waals surface area contributed by atoms with Gasteiger partial charge >= 0.3 is 11.9 Å². The number of rotatable bonds is 5. The van der Waals surface area contributed by atoms with Crippen LogP contribution >= 0.6 is 0 Å². The third kappa shape index (κ3) is 4.30. The Labute approximate surface area is 104 Å². The van der Waals surface area contributed by atoms with Crippen molar-refractivity contribution in [1.82, 2.24) is 10.9 Å². The maximum Gasteiger partial charge on any atom is 0.303 e. The second-order valence-electron chi connectivity index (χ2n) is 3.95. The molecule has 0 spiro atoms. The minimum absolute atomic E-state index is 0.0646. The highest BCUT2D eigenvalue weighted by Gasteiger charge is 2.36. The standard InChI is InChI=1S/C10H16N2O6/c1-5(13)17-4-8(15)10(18-6(2)14)7-3-9(16)12-11-7/h7-8,10-11,15H,3-4H2,1-2H3,(H,12,16)/t7?,8-,10?/m1/s1. The van der Waals surface area contributed by atoms with E-state index < -0.39 is 30.2 Å². The van der Waals surface area contributed by atoms with Gasteiger partial charge in [-0.3, -0.25) is 19.8 Å². The van der Waals surface area contributed by atoms with Crippen molar-refractivity contribution in [2.45, 2.75) is 38.5 Å². The highest BCUT2D eigenvalue weighted by molar-refractivity contribution is 5.78. The maximum atomic E-state index is 11.1. The van der Waals surface area contributed by atoms with Crippen LogP contribution in [-0.2, 0) is 23.9 Å². The summed E-state index contributed by atoms with van der Waals surface area (Å²) in [4.78, 5) is 32.7. The Morgan fingerprint density at radius 2 is 2.11 bits per heavy atom. The molecule has 0 bridgehead atoms. The third-order valence-electron chi connectivity index (χ3n) is 2.34. The summed E-state index contributed by atoms with van der Waals surface area (Å²) in [6.07, 6.45) is -2.11. The molecule has 3 N–H and O–H groups in total. The number of aliphatic hydroxyl groups is 1. The molecule has 0 aliphatic carbocycles. The van der Waals surface area contributed by atoms with Gasteiger partial charge in [0.05, 0.1) is 6.04 Å². The van der Waals surface area contributed by atoms with Crippen LogP contribution in [-0.4, -0.2) is 47.8 Å². The molecule has 1 aliphatic heterocycles. The molecule has 1 rings (SSSR count). The van der Waals surface area contributed by atoms with E-state index in [1.165, 1.54) is 13.8 Å². The lowest BCUT2D eigenvalue weighted by molar-refractivity contribution is -0.160. The smallest absolute Gasteiger partial charge is 0.303 e. The quantitative estimate of drug-likeness (QED) is 0.501. The molecule has 8 nitrogen and oxygen atoms in total. The number of hydrogen-bond acceptors (Lipinski definition) is 7. The number of nitrogens with one attached hydrogen (secondary N) is 2. The average Bonchev–Trinajstić information content (AvgIpc) is 2.69. The van der Waals surface area contributed by atoms with Crippen LogP contribution in [0, 0.1) is 0 Å². The van der Waals surface area contributed by atoms with Crippen LogP contribution in [0.15, 0.2) is 0 Å². The van der Waals surface area contributed by atoms with Gasteiger partial charge in [-0.25, -0.2) is 5.43 Å². The Morgan fingerprint density at radius 3 is 2.56 bits per heavy atom. The topological polar surface area (TPSA) is 114 Å². The first-order valence-corrected chi connectivity index (χ1v) is 5.43. The van der Waals surface area contributed by atoms with E-state index in [1.807, 2.05) is 0 Å². The summed E-state index contributed by atoms with van der Waals surface area (Å²) >= 11 is 0. The van der Waals surface area contributed by atoms with Gasteiger partial charge in [0, 0.05) is 20.3 Å². The van der Waals surface area contributed by atoms with Gasteiger partial charge in [-0.05, 0) is 0 Å². The molecule has 3 atom stereocenters. The fourth-order valence-corrected chi connectivity index (χ4v) is 1.59. The van der Waals surface area contributed by atoms with Crippen LogP contribution in [0.1, 0.15) is 20.3 Å². The monoisotopic (exact) mass is 260 g/mol. The van der Waals surface area contributed by atoms with E-state index in [0.717, 1.165) is 0 Å². The number of ether oxygens (including phenoxy) is 2. The Hall–Kier alpha value is -1.67. The van der Waals surface area contributed by atoms with E-state index in [-0.39, 0.29) is 18.9 Å². The molecule has 1 amide bonds. The summed E-state index contributed by atoms with van der Waals surface area (Å²) in [6.45, 7) is 2.09. The highest BCUT2D eigenvalue weighted by atomic mass is 16.6. The fourth-order valence-electron chi connectivity index (χ4n) is 1.59. The lowest BCUT2D eigenvalue weighted by Gasteiger charge is -2.26. The van der Waals surface area contributed by atoms with Gasteiger partial charge in [0.25, 0.3) is 0 Å². The summed E-state index contributed by atoms with van der Waals surface area (Å²) in [5.41, 5.74) is 4.95. The summed E-state index contributed by atoms with van der Waals surface area (Å²) in [7, 11) is 0. The van der Waals surface area contributed by atoms with Crippen LogP contribution in [0.4, 0.5) is 0 Å². The van der Waals surface area contributed by atoms with Gasteiger partial charge in [-0.1, -0.05) is 0 Å². The van der Waals surface area contributed by atoms with Crippen molar-refractivity contribution in [1.29, 1.82) is 0 Å². The Bertz CT molecular complexity index is 345. The second-order valence-corrected chi connectivity index (χ2v) is 3.95. The minimum Gasteiger partial charge on any atom is -0.463 e. The number of hydrazine groups is 1. The van der Waals surface area contributed by atoms with Gasteiger partial charge in [0.15, 0.2) is 0 Å². The molecule has 1 fully saturated rings. The van der Waals surface area contributed by atoms with Crippen LogP contribution in [0.3, 0.4) is 0 Å². The SMILES string of the molecule is CC(=O)OC[C@@H](O)C(OC(C)=O)C1CC(=O)NN1. The number of amides is 1. The van der Waals surface area contributed by atoms with Gasteiger partial charge < -0.3 is 14.6 Å². The van der Waals surface area contributed by atoms with Crippen molar-refractivity contribution in [3.63, 3.8) is 0 Å². The molecule has 0 radical (unpaired) electrons. The first-order valence-electron chi connectivity index (χ1n) is 5.43. The fraction of sp³-hybridized carbons (Fsp3) is 0.700. The van der Waals surface area contributed by atoms with Gasteiger partial charge in [0.1, 0.15) is 18.8 Å². The second kappa shape index (κ2) is 6.31. The number of hydrogen-bond donors (Lipinski definition) is 3. The molecule has 0 aromatic heterocycles. The lowest BCUT2D eigenvalue weighted by atomic mass is 10.0. The zero-order chi connectivity index (χ0) is 13.7. The van der Waals surface area contributed by atoms with Crippen molar-refractivity contribution in [3.05, 3.63) is 0 Å². The Kier molecular flexibility index (Phi) is 5.05. The molecule has 1 heterocycles.